The molecule has 0 N–H and O–H groups in total. The van der Waals surface area contributed by atoms with Gasteiger partial charge in [-0.15, -0.1) is 0 Å². The van der Waals surface area contributed by atoms with E-state index in [0.29, 0.717) is 10.6 Å². The highest BCUT2D eigenvalue weighted by Gasteiger charge is 2.13. The molecule has 0 aliphatic rings. The maximum absolute atomic E-state index is 11.8. The molecule has 0 atom stereocenters. The number of hydrogen-bond acceptors (Lipinski definition) is 3. The van der Waals surface area contributed by atoms with Crippen LogP contribution in [0.1, 0.15) is 25.3 Å². The second-order valence-electron chi connectivity index (χ2n) is 3.44. The fourth-order valence-corrected chi connectivity index (χ4v) is 4.07. The number of hydrogen-bond donors (Lipinski definition) is 0. The zero-order valence-electron chi connectivity index (χ0n) is 9.06. The van der Waals surface area contributed by atoms with E-state index in [1.165, 1.54) is 0 Å². The molecule has 1 aromatic carbocycles. The summed E-state index contributed by atoms with van der Waals surface area (Å²) in [6.07, 6.45) is 1.96. The van der Waals surface area contributed by atoms with Crippen LogP contribution in [0.25, 0.3) is 0 Å². The highest BCUT2D eigenvalue weighted by Crippen LogP contribution is 2.24. The molecule has 2 nitrogen and oxygen atoms in total. The topological polar surface area (TPSA) is 34.1 Å². The molecule has 0 saturated carbocycles. The zero-order chi connectivity index (χ0) is 11.3. The Morgan fingerprint density at radius 1 is 1.20 bits per heavy atom. The normalized spacial score (nSPS) is 11.6. The predicted octanol–water partition coefficient (Wildman–Crippen LogP) is 3.22. The van der Waals surface area contributed by atoms with Crippen LogP contribution in [0.15, 0.2) is 29.2 Å². The van der Waals surface area contributed by atoms with Crippen molar-refractivity contribution in [1.29, 1.82) is 0 Å². The molecule has 1 aromatic rings. The third-order valence-electron chi connectivity index (χ3n) is 2.05. The van der Waals surface area contributed by atoms with Crippen molar-refractivity contribution >= 4 is 19.7 Å². The summed E-state index contributed by atoms with van der Waals surface area (Å²) >= 11 is 0. The molecule has 0 unspecified atom stereocenters. The Morgan fingerprint density at radius 2 is 1.80 bits per heavy atom. The van der Waals surface area contributed by atoms with Crippen molar-refractivity contribution < 1.29 is 8.42 Å². The molecule has 0 saturated heterocycles. The lowest BCUT2D eigenvalue weighted by atomic mass is 10.2. The summed E-state index contributed by atoms with van der Waals surface area (Å²) in [7, 11) is -2.10. The van der Waals surface area contributed by atoms with Gasteiger partial charge in [0.05, 0.1) is 4.90 Å². The molecule has 0 fully saturated rings. The molecule has 0 heterocycles. The summed E-state index contributed by atoms with van der Waals surface area (Å²) in [5.74, 6) is 0.673. The maximum atomic E-state index is 11.8. The summed E-state index contributed by atoms with van der Waals surface area (Å²) < 4.78 is 23.6. The van der Waals surface area contributed by atoms with Crippen LogP contribution < -0.4 is 0 Å². The van der Waals surface area contributed by atoms with Gasteiger partial charge in [-0.05, 0) is 36.3 Å². The molecule has 0 aromatic heterocycles. The van der Waals surface area contributed by atoms with E-state index in [4.69, 9.17) is 0 Å². The average molecular weight is 244 g/mol. The molecule has 0 aliphatic carbocycles. The number of benzene rings is 1. The van der Waals surface area contributed by atoms with Crippen LogP contribution in [0.5, 0.6) is 0 Å². The highest BCUT2D eigenvalue weighted by molar-refractivity contribution is 8.72. The van der Waals surface area contributed by atoms with Crippen molar-refractivity contribution in [2.45, 2.75) is 31.6 Å². The van der Waals surface area contributed by atoms with E-state index in [9.17, 15) is 8.42 Å². The number of aryl methyl sites for hydroxylation is 1. The summed E-state index contributed by atoms with van der Waals surface area (Å²) in [6.45, 7) is 4.00. The van der Waals surface area contributed by atoms with Gasteiger partial charge in [-0.2, -0.15) is 0 Å². The Morgan fingerprint density at radius 3 is 2.33 bits per heavy atom. The van der Waals surface area contributed by atoms with Crippen molar-refractivity contribution in [3.8, 4) is 0 Å². The van der Waals surface area contributed by atoms with Crippen molar-refractivity contribution in [2.24, 2.45) is 0 Å². The Labute approximate surface area is 95.4 Å². The summed E-state index contributed by atoms with van der Waals surface area (Å²) in [6, 6.07) is 6.99. The first-order chi connectivity index (χ1) is 7.06. The van der Waals surface area contributed by atoms with E-state index in [2.05, 4.69) is 6.92 Å². The fraction of sp³-hybridized carbons (Fsp3) is 0.455. The van der Waals surface area contributed by atoms with Crippen LogP contribution in [0.2, 0.25) is 0 Å². The molecule has 1 rings (SSSR count). The van der Waals surface area contributed by atoms with E-state index in [1.54, 1.807) is 12.1 Å². The SMILES string of the molecule is CCCCSS(=O)(=O)c1ccc(C)cc1. The molecular formula is C11H16O2S2. The standard InChI is InChI=1S/C11H16O2S2/c1-3-4-9-14-15(12,13)11-7-5-10(2)6-8-11/h5-8H,3-4,9H2,1-2H3. The highest BCUT2D eigenvalue weighted by atomic mass is 33.1. The second-order valence-corrected chi connectivity index (χ2v) is 7.49. The van der Waals surface area contributed by atoms with Gasteiger partial charge in [0.15, 0.2) is 0 Å². The summed E-state index contributed by atoms with van der Waals surface area (Å²) in [5.41, 5.74) is 1.08. The third kappa shape index (κ3) is 3.87. The number of rotatable bonds is 5. The quantitative estimate of drug-likeness (QED) is 0.589. The lowest BCUT2D eigenvalue weighted by Gasteiger charge is -2.03. The van der Waals surface area contributed by atoms with Gasteiger partial charge < -0.3 is 0 Å². The first-order valence-corrected chi connectivity index (χ1v) is 8.01. The van der Waals surface area contributed by atoms with Crippen LogP contribution in [-0.4, -0.2) is 14.2 Å². The Kier molecular flexibility index (Phi) is 4.67. The molecule has 4 heteroatoms. The number of unbranched alkanes of at least 4 members (excludes halogenated alkanes) is 1. The second kappa shape index (κ2) is 5.56. The van der Waals surface area contributed by atoms with Gasteiger partial charge in [0, 0.05) is 5.75 Å². The molecule has 0 aliphatic heterocycles. The van der Waals surface area contributed by atoms with Gasteiger partial charge in [-0.1, -0.05) is 31.0 Å². The van der Waals surface area contributed by atoms with Gasteiger partial charge in [0.1, 0.15) is 0 Å². The smallest absolute Gasteiger partial charge is 0.212 e. The van der Waals surface area contributed by atoms with Crippen molar-refractivity contribution in [3.05, 3.63) is 29.8 Å². The van der Waals surface area contributed by atoms with E-state index in [1.807, 2.05) is 19.1 Å². The van der Waals surface area contributed by atoms with Crippen LogP contribution in [0.4, 0.5) is 0 Å². The maximum Gasteiger partial charge on any atom is 0.229 e. The van der Waals surface area contributed by atoms with Gasteiger partial charge in [0.2, 0.25) is 8.87 Å². The van der Waals surface area contributed by atoms with E-state index in [-0.39, 0.29) is 0 Å². The monoisotopic (exact) mass is 244 g/mol. The minimum Gasteiger partial charge on any atom is -0.212 e. The van der Waals surface area contributed by atoms with Crippen molar-refractivity contribution in [3.63, 3.8) is 0 Å². The van der Waals surface area contributed by atoms with Gasteiger partial charge in [0.25, 0.3) is 0 Å². The third-order valence-corrected chi connectivity index (χ3v) is 5.67. The van der Waals surface area contributed by atoms with Crippen LogP contribution in [0.3, 0.4) is 0 Å². The summed E-state index contributed by atoms with van der Waals surface area (Å²) in [5, 5.41) is 0. The molecule has 84 valence electrons. The molecule has 0 amide bonds. The average Bonchev–Trinajstić information content (AvgIpc) is 2.18. The van der Waals surface area contributed by atoms with Gasteiger partial charge >= 0.3 is 0 Å². The largest absolute Gasteiger partial charge is 0.229 e. The Hall–Kier alpha value is -0.480. The van der Waals surface area contributed by atoms with E-state index in [0.717, 1.165) is 29.2 Å². The van der Waals surface area contributed by atoms with Crippen molar-refractivity contribution in [1.82, 2.24) is 0 Å². The predicted molar refractivity (Wildman–Crippen MR) is 65.7 cm³/mol. The minimum absolute atomic E-state index is 0.411. The fourth-order valence-electron chi connectivity index (χ4n) is 1.09. The molecule has 0 radical (unpaired) electrons. The van der Waals surface area contributed by atoms with Crippen LogP contribution in [0, 0.1) is 6.92 Å². The lowest BCUT2D eigenvalue weighted by molar-refractivity contribution is 0.610. The van der Waals surface area contributed by atoms with Gasteiger partial charge in [-0.25, -0.2) is 8.42 Å². The zero-order valence-corrected chi connectivity index (χ0v) is 10.7. The Bertz CT molecular complexity index is 393. The van der Waals surface area contributed by atoms with Crippen molar-refractivity contribution in [2.75, 3.05) is 5.75 Å². The first kappa shape index (κ1) is 12.6. The molecular weight excluding hydrogens is 228 g/mol. The molecule has 0 spiro atoms. The van der Waals surface area contributed by atoms with Crippen LogP contribution >= 0.6 is 10.8 Å². The van der Waals surface area contributed by atoms with Crippen LogP contribution in [-0.2, 0) is 8.87 Å². The van der Waals surface area contributed by atoms with E-state index < -0.39 is 8.87 Å². The first-order valence-electron chi connectivity index (χ1n) is 5.02. The Balaban J connectivity index is 2.73. The summed E-state index contributed by atoms with van der Waals surface area (Å²) in [4.78, 5) is 0.411. The lowest BCUT2D eigenvalue weighted by Crippen LogP contribution is -1.96. The van der Waals surface area contributed by atoms with Gasteiger partial charge in [-0.3, -0.25) is 0 Å². The molecule has 0 bridgehead atoms. The molecule has 15 heavy (non-hydrogen) atoms. The van der Waals surface area contributed by atoms with E-state index >= 15 is 0 Å². The minimum atomic E-state index is -3.13.